The van der Waals surface area contributed by atoms with Gasteiger partial charge in [-0.15, -0.1) is 11.8 Å². The summed E-state index contributed by atoms with van der Waals surface area (Å²) in [5.74, 6) is -0.836. The van der Waals surface area contributed by atoms with Crippen LogP contribution in [0.5, 0.6) is 0 Å². The third-order valence-electron chi connectivity index (χ3n) is 5.89. The van der Waals surface area contributed by atoms with Crippen LogP contribution in [-0.2, 0) is 0 Å². The van der Waals surface area contributed by atoms with Crippen molar-refractivity contribution in [3.63, 3.8) is 0 Å². The highest BCUT2D eigenvalue weighted by molar-refractivity contribution is 8.00. The van der Waals surface area contributed by atoms with E-state index < -0.39 is 5.82 Å². The first-order chi connectivity index (χ1) is 15.1. The molecule has 3 amide bonds. The number of benzene rings is 2. The van der Waals surface area contributed by atoms with Crippen LogP contribution in [0.4, 0.5) is 14.9 Å². The second kappa shape index (κ2) is 10.2. The molecule has 1 saturated heterocycles. The van der Waals surface area contributed by atoms with Crippen LogP contribution in [0, 0.1) is 5.82 Å². The number of anilines is 1. The van der Waals surface area contributed by atoms with Crippen LogP contribution in [0.2, 0.25) is 0 Å². The van der Waals surface area contributed by atoms with E-state index in [-0.39, 0.29) is 17.5 Å². The minimum atomic E-state index is -0.513. The van der Waals surface area contributed by atoms with E-state index in [0.29, 0.717) is 37.8 Å². The molecular weight excluding hydrogens is 413 g/mol. The third kappa shape index (κ3) is 5.58. The summed E-state index contributed by atoms with van der Waals surface area (Å²) in [6.45, 7) is 1.87. The van der Waals surface area contributed by atoms with Gasteiger partial charge in [0.1, 0.15) is 5.82 Å². The van der Waals surface area contributed by atoms with E-state index in [2.05, 4.69) is 17.4 Å². The van der Waals surface area contributed by atoms with Gasteiger partial charge in [-0.25, -0.2) is 9.18 Å². The highest BCUT2D eigenvalue weighted by Crippen LogP contribution is 2.35. The molecule has 1 saturated carbocycles. The highest BCUT2D eigenvalue weighted by atomic mass is 32.2. The zero-order valence-corrected chi connectivity index (χ0v) is 18.4. The largest absolute Gasteiger partial charge is 0.337 e. The number of halogens is 1. The van der Waals surface area contributed by atoms with E-state index in [4.69, 9.17) is 0 Å². The van der Waals surface area contributed by atoms with E-state index in [1.807, 2.05) is 23.9 Å². The summed E-state index contributed by atoms with van der Waals surface area (Å²) in [6.07, 6.45) is 5.88. The fraction of sp³-hybridized carbons (Fsp3) is 0.417. The van der Waals surface area contributed by atoms with E-state index >= 15 is 0 Å². The van der Waals surface area contributed by atoms with Crippen molar-refractivity contribution in [1.29, 1.82) is 0 Å². The van der Waals surface area contributed by atoms with Gasteiger partial charge in [0.05, 0.1) is 5.56 Å². The Labute approximate surface area is 187 Å². The number of amides is 3. The summed E-state index contributed by atoms with van der Waals surface area (Å²) in [7, 11) is 0. The van der Waals surface area contributed by atoms with Crippen molar-refractivity contribution in [2.75, 3.05) is 31.5 Å². The molecule has 164 valence electrons. The lowest BCUT2D eigenvalue weighted by atomic mass is 10.2. The van der Waals surface area contributed by atoms with Crippen LogP contribution in [-0.4, -0.2) is 53.2 Å². The number of nitrogens with zero attached hydrogens (tertiary/aromatic N) is 2. The summed E-state index contributed by atoms with van der Waals surface area (Å²) < 4.78 is 14.0. The molecule has 1 heterocycles. The van der Waals surface area contributed by atoms with Gasteiger partial charge in [0, 0.05) is 42.0 Å². The third-order valence-corrected chi connectivity index (χ3v) is 7.23. The smallest absolute Gasteiger partial charge is 0.321 e. The molecule has 1 aliphatic heterocycles. The maximum Gasteiger partial charge on any atom is 0.321 e. The second-order valence-electron chi connectivity index (χ2n) is 8.09. The first kappa shape index (κ1) is 21.7. The Morgan fingerprint density at radius 2 is 1.55 bits per heavy atom. The SMILES string of the molecule is O=C(Nc1ccc(SC2CCCC2)cc1)N1CCCN(C(=O)c2ccccc2F)CC1. The second-order valence-corrected chi connectivity index (χ2v) is 9.47. The molecule has 0 spiro atoms. The molecule has 5 nitrogen and oxygen atoms in total. The zero-order valence-electron chi connectivity index (χ0n) is 17.6. The minimum absolute atomic E-state index is 0.0796. The first-order valence-corrected chi connectivity index (χ1v) is 11.8. The van der Waals surface area contributed by atoms with Crippen LogP contribution in [0.15, 0.2) is 53.4 Å². The van der Waals surface area contributed by atoms with Crippen LogP contribution in [0.25, 0.3) is 0 Å². The Morgan fingerprint density at radius 3 is 2.29 bits per heavy atom. The van der Waals surface area contributed by atoms with Gasteiger partial charge in [-0.3, -0.25) is 4.79 Å². The molecule has 2 aromatic carbocycles. The number of nitrogens with one attached hydrogen (secondary N) is 1. The molecule has 1 N–H and O–H groups in total. The fourth-order valence-corrected chi connectivity index (χ4v) is 5.39. The quantitative estimate of drug-likeness (QED) is 0.706. The fourth-order valence-electron chi connectivity index (χ4n) is 4.15. The molecule has 0 atom stereocenters. The highest BCUT2D eigenvalue weighted by Gasteiger charge is 2.24. The van der Waals surface area contributed by atoms with Gasteiger partial charge in [0.2, 0.25) is 0 Å². The Hall–Kier alpha value is -2.54. The van der Waals surface area contributed by atoms with E-state index in [0.717, 1.165) is 5.69 Å². The molecule has 7 heteroatoms. The average molecular weight is 442 g/mol. The summed E-state index contributed by atoms with van der Waals surface area (Å²) in [4.78, 5) is 30.0. The van der Waals surface area contributed by atoms with Crippen molar-refractivity contribution in [1.82, 2.24) is 9.80 Å². The Morgan fingerprint density at radius 1 is 0.871 bits per heavy atom. The van der Waals surface area contributed by atoms with Gasteiger partial charge in [0.15, 0.2) is 0 Å². The number of rotatable bonds is 4. The van der Waals surface area contributed by atoms with Crippen LogP contribution in [0.3, 0.4) is 0 Å². The van der Waals surface area contributed by atoms with Crippen LogP contribution < -0.4 is 5.32 Å². The predicted molar refractivity (Wildman–Crippen MR) is 122 cm³/mol. The van der Waals surface area contributed by atoms with Crippen molar-refractivity contribution in [3.8, 4) is 0 Å². The standard InChI is InChI=1S/C24H28FN3O2S/c25-22-9-4-3-8-21(22)23(29)27-14-5-15-28(17-16-27)24(30)26-18-10-12-20(13-11-18)31-19-6-1-2-7-19/h3-4,8-13,19H,1-2,5-7,14-17H2,(H,26,30). The van der Waals surface area contributed by atoms with Gasteiger partial charge >= 0.3 is 6.03 Å². The molecule has 0 unspecified atom stereocenters. The van der Waals surface area contributed by atoms with Gasteiger partial charge in [0.25, 0.3) is 5.91 Å². The maximum absolute atomic E-state index is 14.0. The van der Waals surface area contributed by atoms with Crippen molar-refractivity contribution in [2.24, 2.45) is 0 Å². The molecule has 0 bridgehead atoms. The summed E-state index contributed by atoms with van der Waals surface area (Å²) in [5.41, 5.74) is 0.847. The maximum atomic E-state index is 14.0. The lowest BCUT2D eigenvalue weighted by molar-refractivity contribution is 0.0758. The monoisotopic (exact) mass is 441 g/mol. The van der Waals surface area contributed by atoms with Crippen molar-refractivity contribution in [3.05, 3.63) is 59.9 Å². The number of hydrogen-bond donors (Lipinski definition) is 1. The van der Waals surface area contributed by atoms with E-state index in [1.165, 1.54) is 42.7 Å². The van der Waals surface area contributed by atoms with Crippen LogP contribution in [0.1, 0.15) is 42.5 Å². The molecule has 2 fully saturated rings. The average Bonchev–Trinajstić information content (AvgIpc) is 3.16. The Kier molecular flexibility index (Phi) is 7.12. The number of thioether (sulfide) groups is 1. The molecule has 4 rings (SSSR count). The molecule has 2 aromatic rings. The summed E-state index contributed by atoms with van der Waals surface area (Å²) in [5, 5.41) is 3.67. The Bertz CT molecular complexity index is 915. The molecule has 0 aromatic heterocycles. The van der Waals surface area contributed by atoms with E-state index in [1.54, 1.807) is 21.9 Å². The van der Waals surface area contributed by atoms with Crippen molar-refractivity contribution in [2.45, 2.75) is 42.2 Å². The topological polar surface area (TPSA) is 52.7 Å². The lowest BCUT2D eigenvalue weighted by Gasteiger charge is -2.22. The molecule has 31 heavy (non-hydrogen) atoms. The first-order valence-electron chi connectivity index (χ1n) is 11.0. The lowest BCUT2D eigenvalue weighted by Crippen LogP contribution is -2.39. The van der Waals surface area contributed by atoms with Gasteiger partial charge in [-0.1, -0.05) is 25.0 Å². The number of hydrogen-bond acceptors (Lipinski definition) is 3. The van der Waals surface area contributed by atoms with Crippen molar-refractivity contribution < 1.29 is 14.0 Å². The summed E-state index contributed by atoms with van der Waals surface area (Å²) in [6, 6.07) is 13.9. The molecule has 0 radical (unpaired) electrons. The van der Waals surface area contributed by atoms with Crippen LogP contribution >= 0.6 is 11.8 Å². The van der Waals surface area contributed by atoms with Gasteiger partial charge < -0.3 is 15.1 Å². The summed E-state index contributed by atoms with van der Waals surface area (Å²) >= 11 is 1.92. The Balaban J connectivity index is 1.30. The van der Waals surface area contributed by atoms with Crippen molar-refractivity contribution >= 4 is 29.4 Å². The molecular formula is C24H28FN3O2S. The number of carbonyl (C=O) groups is 2. The molecule has 1 aliphatic carbocycles. The zero-order chi connectivity index (χ0) is 21.6. The minimum Gasteiger partial charge on any atom is -0.337 e. The number of urea groups is 1. The predicted octanol–water partition coefficient (Wildman–Crippen LogP) is 5.24. The molecule has 2 aliphatic rings. The van der Waals surface area contributed by atoms with Gasteiger partial charge in [-0.2, -0.15) is 0 Å². The normalized spacial score (nSPS) is 17.5. The van der Waals surface area contributed by atoms with E-state index in [9.17, 15) is 14.0 Å². The number of carbonyl (C=O) groups excluding carboxylic acids is 2. The van der Waals surface area contributed by atoms with Gasteiger partial charge in [-0.05, 0) is 55.7 Å².